The number of methoxy groups -OCH3 is 3. The van der Waals surface area contributed by atoms with E-state index in [1.807, 2.05) is 12.1 Å². The summed E-state index contributed by atoms with van der Waals surface area (Å²) in [4.78, 5) is 0. The first-order valence-corrected chi connectivity index (χ1v) is 8.00. The van der Waals surface area contributed by atoms with Gasteiger partial charge in [-0.25, -0.2) is 0 Å². The van der Waals surface area contributed by atoms with E-state index in [2.05, 4.69) is 6.92 Å². The molecule has 0 amide bonds. The molecule has 1 aliphatic carbocycles. The van der Waals surface area contributed by atoms with Crippen molar-refractivity contribution in [1.29, 1.82) is 0 Å². The van der Waals surface area contributed by atoms with Gasteiger partial charge in [0.25, 0.3) is 0 Å². The van der Waals surface area contributed by atoms with Gasteiger partial charge >= 0.3 is 0 Å². The minimum Gasteiger partial charge on any atom is -0.493 e. The van der Waals surface area contributed by atoms with Gasteiger partial charge in [0.15, 0.2) is 11.5 Å². The number of hydrogen-bond donors (Lipinski definition) is 0. The fourth-order valence-corrected chi connectivity index (χ4v) is 4.06. The van der Waals surface area contributed by atoms with Crippen molar-refractivity contribution in [2.24, 2.45) is 5.41 Å². The maximum Gasteiger partial charge on any atom is 0.203 e. The molecule has 4 heteroatoms. The summed E-state index contributed by atoms with van der Waals surface area (Å²) in [6.45, 7) is 2.23. The number of benzene rings is 1. The SMILES string of the molecule is CCC1(C(Cl)c2ccc(OC)c(OC)c2OC)CCCC1. The summed E-state index contributed by atoms with van der Waals surface area (Å²) < 4.78 is 16.4. The van der Waals surface area contributed by atoms with Crippen LogP contribution >= 0.6 is 11.6 Å². The van der Waals surface area contributed by atoms with E-state index in [1.165, 1.54) is 25.7 Å². The topological polar surface area (TPSA) is 27.7 Å². The van der Waals surface area contributed by atoms with Crippen LogP contribution in [0.15, 0.2) is 12.1 Å². The predicted octanol–water partition coefficient (Wildman–Crippen LogP) is 4.96. The van der Waals surface area contributed by atoms with E-state index < -0.39 is 0 Å². The summed E-state index contributed by atoms with van der Waals surface area (Å²) in [5, 5.41) is -0.0697. The highest BCUT2D eigenvalue weighted by Crippen LogP contribution is 2.56. The number of alkyl halides is 1. The van der Waals surface area contributed by atoms with Crippen molar-refractivity contribution < 1.29 is 14.2 Å². The van der Waals surface area contributed by atoms with Crippen molar-refractivity contribution in [2.45, 2.75) is 44.4 Å². The summed E-state index contributed by atoms with van der Waals surface area (Å²) in [5.74, 6) is 1.97. The molecule has 0 spiro atoms. The Morgan fingerprint density at radius 3 is 2.14 bits per heavy atom. The lowest BCUT2D eigenvalue weighted by molar-refractivity contribution is 0.262. The average Bonchev–Trinajstić information content (AvgIpc) is 3.02. The summed E-state index contributed by atoms with van der Waals surface area (Å²) in [6, 6.07) is 3.91. The minimum absolute atomic E-state index is 0.0697. The molecule has 1 atom stereocenters. The summed E-state index contributed by atoms with van der Waals surface area (Å²) in [7, 11) is 4.90. The number of ether oxygens (including phenoxy) is 3. The third kappa shape index (κ3) is 2.80. The van der Waals surface area contributed by atoms with Crippen molar-refractivity contribution >= 4 is 11.6 Å². The summed E-state index contributed by atoms with van der Waals surface area (Å²) in [6.07, 6.45) is 5.95. The predicted molar refractivity (Wildman–Crippen MR) is 85.9 cm³/mol. The van der Waals surface area contributed by atoms with E-state index in [4.69, 9.17) is 25.8 Å². The van der Waals surface area contributed by atoms with Crippen molar-refractivity contribution in [1.82, 2.24) is 0 Å². The van der Waals surface area contributed by atoms with Gasteiger partial charge in [-0.2, -0.15) is 0 Å². The van der Waals surface area contributed by atoms with Crippen LogP contribution < -0.4 is 14.2 Å². The molecule has 0 radical (unpaired) electrons. The van der Waals surface area contributed by atoms with Crippen LogP contribution in [0.25, 0.3) is 0 Å². The first-order chi connectivity index (χ1) is 10.1. The molecule has 21 heavy (non-hydrogen) atoms. The first kappa shape index (κ1) is 16.3. The lowest BCUT2D eigenvalue weighted by Crippen LogP contribution is -2.22. The Morgan fingerprint density at radius 2 is 1.67 bits per heavy atom. The van der Waals surface area contributed by atoms with Crippen LogP contribution in [0, 0.1) is 5.41 Å². The van der Waals surface area contributed by atoms with Crippen molar-refractivity contribution in [3.05, 3.63) is 17.7 Å². The summed E-state index contributed by atoms with van der Waals surface area (Å²) >= 11 is 6.90. The number of hydrogen-bond acceptors (Lipinski definition) is 3. The molecule has 1 fully saturated rings. The van der Waals surface area contributed by atoms with Gasteiger partial charge in [0.2, 0.25) is 5.75 Å². The molecule has 1 saturated carbocycles. The Morgan fingerprint density at radius 1 is 1.05 bits per heavy atom. The van der Waals surface area contributed by atoms with Gasteiger partial charge in [0.1, 0.15) is 0 Å². The van der Waals surface area contributed by atoms with Gasteiger partial charge in [-0.15, -0.1) is 11.6 Å². The van der Waals surface area contributed by atoms with Crippen molar-refractivity contribution in [3.8, 4) is 17.2 Å². The zero-order chi connectivity index (χ0) is 15.5. The molecule has 0 N–H and O–H groups in total. The fourth-order valence-electron chi connectivity index (χ4n) is 3.52. The highest BCUT2D eigenvalue weighted by molar-refractivity contribution is 6.21. The Balaban J connectivity index is 2.47. The van der Waals surface area contributed by atoms with Crippen LogP contribution in [-0.2, 0) is 0 Å². The van der Waals surface area contributed by atoms with E-state index in [9.17, 15) is 0 Å². The zero-order valence-corrected chi connectivity index (χ0v) is 14.1. The second-order valence-corrected chi connectivity index (χ2v) is 6.15. The quantitative estimate of drug-likeness (QED) is 0.695. The first-order valence-electron chi connectivity index (χ1n) is 7.56. The molecule has 2 rings (SSSR count). The molecule has 0 aliphatic heterocycles. The number of rotatable bonds is 6. The second kappa shape index (κ2) is 6.78. The molecule has 0 saturated heterocycles. The van der Waals surface area contributed by atoms with Crippen LogP contribution in [0.3, 0.4) is 0 Å². The van der Waals surface area contributed by atoms with Gasteiger partial charge < -0.3 is 14.2 Å². The van der Waals surface area contributed by atoms with Gasteiger partial charge in [-0.3, -0.25) is 0 Å². The molecular weight excluding hydrogens is 288 g/mol. The Bertz CT molecular complexity index is 481. The maximum absolute atomic E-state index is 6.90. The molecule has 1 aliphatic rings. The van der Waals surface area contributed by atoms with Gasteiger partial charge in [-0.05, 0) is 36.8 Å². The molecular formula is C17H25ClO3. The zero-order valence-electron chi connectivity index (χ0n) is 13.4. The maximum atomic E-state index is 6.90. The molecule has 3 nitrogen and oxygen atoms in total. The van der Waals surface area contributed by atoms with E-state index in [-0.39, 0.29) is 10.8 Å². The Labute approximate surface area is 132 Å². The van der Waals surface area contributed by atoms with E-state index in [0.717, 1.165) is 12.0 Å². The van der Waals surface area contributed by atoms with Crippen LogP contribution in [-0.4, -0.2) is 21.3 Å². The standard InChI is InChI=1S/C17H25ClO3/c1-5-17(10-6-7-11-17)16(18)12-8-9-13(19-2)15(21-4)14(12)20-3/h8-9,16H,5-7,10-11H2,1-4H3. The van der Waals surface area contributed by atoms with Gasteiger partial charge in [-0.1, -0.05) is 19.8 Å². The largest absolute Gasteiger partial charge is 0.493 e. The highest BCUT2D eigenvalue weighted by Gasteiger charge is 2.41. The third-order valence-corrected chi connectivity index (χ3v) is 5.55. The molecule has 0 heterocycles. The Kier molecular flexibility index (Phi) is 5.26. The third-order valence-electron chi connectivity index (χ3n) is 4.85. The Hall–Kier alpha value is -1.09. The van der Waals surface area contributed by atoms with Crippen LogP contribution in [0.4, 0.5) is 0 Å². The summed E-state index contributed by atoms with van der Waals surface area (Å²) in [5.41, 5.74) is 1.16. The highest BCUT2D eigenvalue weighted by atomic mass is 35.5. The van der Waals surface area contributed by atoms with E-state index >= 15 is 0 Å². The van der Waals surface area contributed by atoms with Crippen LogP contribution in [0.2, 0.25) is 0 Å². The van der Waals surface area contributed by atoms with Gasteiger partial charge in [0, 0.05) is 5.56 Å². The molecule has 0 aromatic heterocycles. The van der Waals surface area contributed by atoms with Gasteiger partial charge in [0.05, 0.1) is 26.7 Å². The lowest BCUT2D eigenvalue weighted by Gasteiger charge is -2.34. The molecule has 0 bridgehead atoms. The lowest BCUT2D eigenvalue weighted by atomic mass is 9.77. The van der Waals surface area contributed by atoms with Crippen molar-refractivity contribution in [3.63, 3.8) is 0 Å². The van der Waals surface area contributed by atoms with Crippen molar-refractivity contribution in [2.75, 3.05) is 21.3 Å². The van der Waals surface area contributed by atoms with E-state index in [1.54, 1.807) is 21.3 Å². The molecule has 1 unspecified atom stereocenters. The van der Waals surface area contributed by atoms with Crippen LogP contribution in [0.5, 0.6) is 17.2 Å². The average molecular weight is 313 g/mol. The minimum atomic E-state index is -0.0697. The molecule has 1 aromatic carbocycles. The normalized spacial score (nSPS) is 18.3. The molecule has 1 aromatic rings. The second-order valence-electron chi connectivity index (χ2n) is 5.71. The van der Waals surface area contributed by atoms with Crippen LogP contribution in [0.1, 0.15) is 50.0 Å². The fraction of sp³-hybridized carbons (Fsp3) is 0.647. The smallest absolute Gasteiger partial charge is 0.203 e. The number of halogens is 1. The monoisotopic (exact) mass is 312 g/mol. The van der Waals surface area contributed by atoms with E-state index in [0.29, 0.717) is 17.2 Å². The molecule has 118 valence electrons.